The average Bonchev–Trinajstić information content (AvgIpc) is 2.06. The maximum atomic E-state index is 12.3. The Bertz CT molecular complexity index is 338. The lowest BCUT2D eigenvalue weighted by atomic mass is 10.1. The van der Waals surface area contributed by atoms with Crippen molar-refractivity contribution in [2.75, 3.05) is 5.73 Å². The van der Waals surface area contributed by atoms with Crippen molar-refractivity contribution in [2.45, 2.75) is 12.2 Å². The molecule has 0 aliphatic rings. The molecule has 0 heterocycles. The van der Waals surface area contributed by atoms with Crippen LogP contribution >= 0.6 is 22.6 Å². The average molecular weight is 316 g/mol. The fourth-order valence-electron chi connectivity index (χ4n) is 0.991. The minimum absolute atomic E-state index is 0.0650. The van der Waals surface area contributed by atoms with Crippen LogP contribution in [-0.4, -0.2) is 6.18 Å². The van der Waals surface area contributed by atoms with Gasteiger partial charge in [0.2, 0.25) is 0 Å². The first kappa shape index (κ1) is 11.6. The molecule has 1 rings (SSSR count). The molecular formula is C8H8F3IN2. The van der Waals surface area contributed by atoms with Crippen LogP contribution in [0, 0.1) is 3.57 Å². The molecule has 1 atom stereocenters. The monoisotopic (exact) mass is 316 g/mol. The van der Waals surface area contributed by atoms with Crippen LogP contribution in [0.4, 0.5) is 18.9 Å². The summed E-state index contributed by atoms with van der Waals surface area (Å²) in [6.07, 6.45) is -4.46. The van der Waals surface area contributed by atoms with Crippen molar-refractivity contribution in [1.82, 2.24) is 0 Å². The third-order valence-corrected chi connectivity index (χ3v) is 2.41. The van der Waals surface area contributed by atoms with Crippen molar-refractivity contribution in [2.24, 2.45) is 5.73 Å². The number of nitrogen functional groups attached to an aromatic ring is 1. The van der Waals surface area contributed by atoms with Crippen LogP contribution in [0.25, 0.3) is 0 Å². The topological polar surface area (TPSA) is 52.0 Å². The molecule has 0 aromatic heterocycles. The standard InChI is InChI=1S/C8H8F3IN2/c9-8(10,11)7(14)5-3-4(12)1-2-6(5)13/h1-3,7H,13-14H2/t7-/m0/s1. The summed E-state index contributed by atoms with van der Waals surface area (Å²) in [5.74, 6) is 0. The zero-order chi connectivity index (χ0) is 10.9. The molecular weight excluding hydrogens is 308 g/mol. The molecule has 0 saturated heterocycles. The SMILES string of the molecule is Nc1ccc(I)cc1[C@H](N)C(F)(F)F. The van der Waals surface area contributed by atoms with Gasteiger partial charge in [-0.3, -0.25) is 0 Å². The van der Waals surface area contributed by atoms with Gasteiger partial charge in [-0.05, 0) is 40.8 Å². The lowest BCUT2D eigenvalue weighted by Gasteiger charge is -2.17. The zero-order valence-corrected chi connectivity index (χ0v) is 9.13. The molecule has 0 amide bonds. The molecule has 0 spiro atoms. The van der Waals surface area contributed by atoms with Crippen molar-refractivity contribution in [3.05, 3.63) is 27.3 Å². The highest BCUT2D eigenvalue weighted by Gasteiger charge is 2.38. The summed E-state index contributed by atoms with van der Waals surface area (Å²) < 4.78 is 37.5. The van der Waals surface area contributed by atoms with E-state index in [2.05, 4.69) is 0 Å². The quantitative estimate of drug-likeness (QED) is 0.618. The molecule has 4 N–H and O–H groups in total. The molecule has 1 aromatic rings. The van der Waals surface area contributed by atoms with E-state index in [0.717, 1.165) is 0 Å². The number of hydrogen-bond donors (Lipinski definition) is 2. The smallest absolute Gasteiger partial charge is 0.398 e. The van der Waals surface area contributed by atoms with Crippen LogP contribution < -0.4 is 11.5 Å². The molecule has 0 fully saturated rings. The largest absolute Gasteiger partial charge is 0.407 e. The highest BCUT2D eigenvalue weighted by molar-refractivity contribution is 14.1. The summed E-state index contributed by atoms with van der Waals surface area (Å²) in [7, 11) is 0. The maximum Gasteiger partial charge on any atom is 0.407 e. The third-order valence-electron chi connectivity index (χ3n) is 1.74. The molecule has 78 valence electrons. The fourth-order valence-corrected chi connectivity index (χ4v) is 1.51. The minimum Gasteiger partial charge on any atom is -0.398 e. The molecule has 6 heteroatoms. The minimum atomic E-state index is -4.46. The fraction of sp³-hybridized carbons (Fsp3) is 0.250. The second kappa shape index (κ2) is 3.93. The number of rotatable bonds is 1. The second-order valence-electron chi connectivity index (χ2n) is 2.79. The van der Waals surface area contributed by atoms with Gasteiger partial charge in [0.15, 0.2) is 0 Å². The number of hydrogen-bond acceptors (Lipinski definition) is 2. The van der Waals surface area contributed by atoms with E-state index in [1.165, 1.54) is 12.1 Å². The van der Waals surface area contributed by atoms with Crippen LogP contribution in [0.1, 0.15) is 11.6 Å². The first-order valence-electron chi connectivity index (χ1n) is 3.69. The summed E-state index contributed by atoms with van der Waals surface area (Å²) in [6.45, 7) is 0. The molecule has 1 aromatic carbocycles. The number of benzene rings is 1. The van der Waals surface area contributed by atoms with Gasteiger partial charge >= 0.3 is 6.18 Å². The Morgan fingerprint density at radius 3 is 2.36 bits per heavy atom. The first-order valence-corrected chi connectivity index (χ1v) is 4.77. The normalized spacial score (nSPS) is 14.1. The molecule has 14 heavy (non-hydrogen) atoms. The van der Waals surface area contributed by atoms with Gasteiger partial charge in [-0.1, -0.05) is 0 Å². The molecule has 0 saturated carbocycles. The highest BCUT2D eigenvalue weighted by atomic mass is 127. The summed E-state index contributed by atoms with van der Waals surface area (Å²) in [4.78, 5) is 0. The summed E-state index contributed by atoms with van der Waals surface area (Å²) >= 11 is 1.91. The molecule has 0 radical (unpaired) electrons. The van der Waals surface area contributed by atoms with E-state index in [1.54, 1.807) is 6.07 Å². The third kappa shape index (κ3) is 2.50. The molecule has 2 nitrogen and oxygen atoms in total. The van der Waals surface area contributed by atoms with Crippen LogP contribution in [0.2, 0.25) is 0 Å². The van der Waals surface area contributed by atoms with Crippen molar-refractivity contribution in [1.29, 1.82) is 0 Å². The van der Waals surface area contributed by atoms with Gasteiger partial charge in [0.25, 0.3) is 0 Å². The van der Waals surface area contributed by atoms with E-state index in [-0.39, 0.29) is 11.3 Å². The highest BCUT2D eigenvalue weighted by Crippen LogP contribution is 2.33. The Labute approximate surface area is 92.6 Å². The Morgan fingerprint density at radius 2 is 1.86 bits per heavy atom. The van der Waals surface area contributed by atoms with Crippen LogP contribution in [0.3, 0.4) is 0 Å². The Balaban J connectivity index is 3.12. The van der Waals surface area contributed by atoms with Gasteiger partial charge in [0.1, 0.15) is 6.04 Å². The maximum absolute atomic E-state index is 12.3. The van der Waals surface area contributed by atoms with Crippen molar-refractivity contribution >= 4 is 28.3 Å². The van der Waals surface area contributed by atoms with E-state index in [9.17, 15) is 13.2 Å². The lowest BCUT2D eigenvalue weighted by Crippen LogP contribution is -2.29. The van der Waals surface area contributed by atoms with E-state index < -0.39 is 12.2 Å². The summed E-state index contributed by atoms with van der Waals surface area (Å²) in [5.41, 5.74) is 10.4. The number of anilines is 1. The number of nitrogens with two attached hydrogens (primary N) is 2. The number of alkyl halides is 3. The van der Waals surface area contributed by atoms with Gasteiger partial charge in [-0.15, -0.1) is 0 Å². The number of halogens is 4. The van der Waals surface area contributed by atoms with Crippen molar-refractivity contribution in [3.63, 3.8) is 0 Å². The van der Waals surface area contributed by atoms with Crippen LogP contribution in [0.5, 0.6) is 0 Å². The summed E-state index contributed by atoms with van der Waals surface area (Å²) in [5, 5.41) is 0. The first-order chi connectivity index (χ1) is 6.32. The lowest BCUT2D eigenvalue weighted by molar-refractivity contribution is -0.149. The molecule has 0 bridgehead atoms. The van der Waals surface area contributed by atoms with Gasteiger partial charge in [-0.25, -0.2) is 0 Å². The molecule has 0 aliphatic carbocycles. The summed E-state index contributed by atoms with van der Waals surface area (Å²) in [6, 6.07) is 2.37. The predicted molar refractivity (Wildman–Crippen MR) is 56.6 cm³/mol. The van der Waals surface area contributed by atoms with Gasteiger partial charge in [0, 0.05) is 14.8 Å². The Morgan fingerprint density at radius 1 is 1.29 bits per heavy atom. The van der Waals surface area contributed by atoms with Gasteiger partial charge in [-0.2, -0.15) is 13.2 Å². The second-order valence-corrected chi connectivity index (χ2v) is 4.04. The van der Waals surface area contributed by atoms with Crippen molar-refractivity contribution in [3.8, 4) is 0 Å². The van der Waals surface area contributed by atoms with Crippen LogP contribution in [0.15, 0.2) is 18.2 Å². The van der Waals surface area contributed by atoms with E-state index >= 15 is 0 Å². The molecule has 0 unspecified atom stereocenters. The van der Waals surface area contributed by atoms with Crippen molar-refractivity contribution < 1.29 is 13.2 Å². The Kier molecular flexibility index (Phi) is 3.25. The Hall–Kier alpha value is -0.500. The van der Waals surface area contributed by atoms with Gasteiger partial charge < -0.3 is 11.5 Å². The van der Waals surface area contributed by atoms with E-state index in [0.29, 0.717) is 3.57 Å². The van der Waals surface area contributed by atoms with E-state index in [1.807, 2.05) is 22.6 Å². The predicted octanol–water partition coefficient (Wildman–Crippen LogP) is 2.44. The zero-order valence-electron chi connectivity index (χ0n) is 6.98. The van der Waals surface area contributed by atoms with Crippen LogP contribution in [-0.2, 0) is 0 Å². The van der Waals surface area contributed by atoms with E-state index in [4.69, 9.17) is 11.5 Å². The molecule has 0 aliphatic heterocycles. The van der Waals surface area contributed by atoms with Gasteiger partial charge in [0.05, 0.1) is 0 Å².